The van der Waals surface area contributed by atoms with Crippen LogP contribution >= 0.6 is 0 Å². The molecule has 1 amide bonds. The number of amides is 1. The minimum atomic E-state index is -0.184. The molecular formula is C21H24N8O2. The SMILES string of the molecule is COc1nc(N[C@H]2C[C@@](C)(NC(C)=O)C2)nc2[nH]cc(-c3ccc4nnn(C)c4c3)c12. The number of hydrogen-bond acceptors (Lipinski definition) is 7. The molecule has 3 aromatic heterocycles. The predicted molar refractivity (Wildman–Crippen MR) is 117 cm³/mol. The van der Waals surface area contributed by atoms with E-state index < -0.39 is 0 Å². The topological polar surface area (TPSA) is 123 Å². The second-order valence-corrected chi connectivity index (χ2v) is 8.39. The summed E-state index contributed by atoms with van der Waals surface area (Å²) < 4.78 is 7.36. The molecule has 0 unspecified atom stereocenters. The maximum atomic E-state index is 11.4. The minimum Gasteiger partial charge on any atom is -0.480 e. The fourth-order valence-corrected chi connectivity index (χ4v) is 4.48. The molecule has 4 aromatic rings. The summed E-state index contributed by atoms with van der Waals surface area (Å²) in [6.45, 7) is 3.59. The van der Waals surface area contributed by atoms with E-state index in [0.717, 1.165) is 40.4 Å². The Labute approximate surface area is 178 Å². The van der Waals surface area contributed by atoms with Crippen molar-refractivity contribution >= 4 is 33.9 Å². The number of anilines is 1. The molecule has 1 fully saturated rings. The van der Waals surface area contributed by atoms with Gasteiger partial charge in [-0.3, -0.25) is 4.79 Å². The van der Waals surface area contributed by atoms with Gasteiger partial charge in [-0.05, 0) is 37.5 Å². The number of aryl methyl sites for hydroxylation is 1. The summed E-state index contributed by atoms with van der Waals surface area (Å²) in [5, 5.41) is 15.4. The molecule has 0 atom stereocenters. The van der Waals surface area contributed by atoms with Crippen LogP contribution in [-0.2, 0) is 11.8 Å². The van der Waals surface area contributed by atoms with Crippen molar-refractivity contribution < 1.29 is 9.53 Å². The third-order valence-electron chi connectivity index (χ3n) is 5.82. The van der Waals surface area contributed by atoms with Gasteiger partial charge in [0, 0.05) is 37.3 Å². The minimum absolute atomic E-state index is 0.0145. The number of carbonyl (C=O) groups is 1. The maximum Gasteiger partial charge on any atom is 0.228 e. The average molecular weight is 420 g/mol. The number of nitrogens with one attached hydrogen (secondary N) is 3. The molecule has 0 bridgehead atoms. The van der Waals surface area contributed by atoms with Crippen molar-refractivity contribution in [2.75, 3.05) is 12.4 Å². The number of hydrogen-bond donors (Lipinski definition) is 3. The molecule has 1 saturated carbocycles. The van der Waals surface area contributed by atoms with Crippen LogP contribution < -0.4 is 15.4 Å². The Morgan fingerprint density at radius 2 is 2.13 bits per heavy atom. The van der Waals surface area contributed by atoms with Crippen LogP contribution in [0.4, 0.5) is 5.95 Å². The van der Waals surface area contributed by atoms with Crippen LogP contribution in [0.15, 0.2) is 24.4 Å². The highest BCUT2D eigenvalue weighted by molar-refractivity contribution is 5.99. The molecule has 1 aliphatic rings. The predicted octanol–water partition coefficient (Wildman–Crippen LogP) is 2.38. The molecule has 0 radical (unpaired) electrons. The van der Waals surface area contributed by atoms with Gasteiger partial charge in [0.25, 0.3) is 0 Å². The van der Waals surface area contributed by atoms with Gasteiger partial charge in [0.05, 0.1) is 18.0 Å². The zero-order valence-electron chi connectivity index (χ0n) is 17.9. The molecule has 0 aliphatic heterocycles. The van der Waals surface area contributed by atoms with Gasteiger partial charge < -0.3 is 20.4 Å². The van der Waals surface area contributed by atoms with E-state index in [4.69, 9.17) is 4.74 Å². The van der Waals surface area contributed by atoms with E-state index in [9.17, 15) is 4.79 Å². The van der Waals surface area contributed by atoms with Gasteiger partial charge in [0.2, 0.25) is 17.7 Å². The number of aromatic amines is 1. The Hall–Kier alpha value is -3.69. The lowest BCUT2D eigenvalue weighted by Gasteiger charge is -2.45. The van der Waals surface area contributed by atoms with Crippen molar-refractivity contribution in [3.63, 3.8) is 0 Å². The molecule has 5 rings (SSSR count). The molecule has 1 aromatic carbocycles. The first-order valence-electron chi connectivity index (χ1n) is 10.1. The third kappa shape index (κ3) is 3.33. The van der Waals surface area contributed by atoms with E-state index in [-0.39, 0.29) is 17.5 Å². The number of H-pyrrole nitrogens is 1. The normalized spacial score (nSPS) is 20.6. The number of carbonyl (C=O) groups excluding carboxylic acids is 1. The van der Waals surface area contributed by atoms with Crippen LogP contribution in [0.5, 0.6) is 5.88 Å². The summed E-state index contributed by atoms with van der Waals surface area (Å²) >= 11 is 0. The van der Waals surface area contributed by atoms with E-state index in [1.807, 2.05) is 38.4 Å². The van der Waals surface area contributed by atoms with Crippen LogP contribution in [0, 0.1) is 0 Å². The van der Waals surface area contributed by atoms with Gasteiger partial charge in [-0.2, -0.15) is 9.97 Å². The highest BCUT2D eigenvalue weighted by Crippen LogP contribution is 2.37. The van der Waals surface area contributed by atoms with E-state index in [1.54, 1.807) is 18.7 Å². The first-order chi connectivity index (χ1) is 14.8. The van der Waals surface area contributed by atoms with Crippen LogP contribution in [-0.4, -0.2) is 54.5 Å². The summed E-state index contributed by atoms with van der Waals surface area (Å²) in [6.07, 6.45) is 3.53. The van der Waals surface area contributed by atoms with Crippen LogP contribution in [0.1, 0.15) is 26.7 Å². The lowest BCUT2D eigenvalue weighted by atomic mass is 9.74. The summed E-state index contributed by atoms with van der Waals surface area (Å²) in [7, 11) is 3.47. The zero-order chi connectivity index (χ0) is 21.8. The second kappa shape index (κ2) is 6.93. The first-order valence-corrected chi connectivity index (χ1v) is 10.1. The molecule has 3 N–H and O–H groups in total. The standard InChI is InChI=1S/C21H24N8O2/c1-11(30)26-21(2)8-13(9-21)23-20-24-18-17(19(25-20)31-4)14(10-22-18)12-5-6-15-16(7-12)29(3)28-27-15/h5-7,10,13H,8-9H2,1-4H3,(H,26,30)(H2,22,23,24,25)/t13-,21+. The fourth-order valence-electron chi connectivity index (χ4n) is 4.48. The van der Waals surface area contributed by atoms with Crippen molar-refractivity contribution in [1.29, 1.82) is 0 Å². The summed E-state index contributed by atoms with van der Waals surface area (Å²) in [6, 6.07) is 6.18. The number of benzene rings is 1. The number of nitrogens with zero attached hydrogens (tertiary/aromatic N) is 5. The van der Waals surface area contributed by atoms with Gasteiger partial charge in [-0.1, -0.05) is 11.3 Å². The van der Waals surface area contributed by atoms with Gasteiger partial charge >= 0.3 is 0 Å². The molecular weight excluding hydrogens is 396 g/mol. The first kappa shape index (κ1) is 19.3. The van der Waals surface area contributed by atoms with Crippen LogP contribution in [0.25, 0.3) is 33.2 Å². The number of methoxy groups -OCH3 is 1. The monoisotopic (exact) mass is 420 g/mol. The molecule has 0 spiro atoms. The molecule has 10 heteroatoms. The van der Waals surface area contributed by atoms with Crippen molar-refractivity contribution in [3.05, 3.63) is 24.4 Å². The Balaban J connectivity index is 1.45. The Morgan fingerprint density at radius 3 is 2.87 bits per heavy atom. The number of aromatic nitrogens is 6. The van der Waals surface area contributed by atoms with Crippen LogP contribution in [0.2, 0.25) is 0 Å². The Morgan fingerprint density at radius 1 is 1.32 bits per heavy atom. The smallest absolute Gasteiger partial charge is 0.228 e. The Bertz CT molecular complexity index is 1300. The van der Waals surface area contributed by atoms with E-state index in [1.165, 1.54) is 0 Å². The fraction of sp³-hybridized carbons (Fsp3) is 0.381. The molecule has 1 aliphatic carbocycles. The van der Waals surface area contributed by atoms with E-state index >= 15 is 0 Å². The summed E-state index contributed by atoms with van der Waals surface area (Å²) in [5.41, 5.74) is 4.23. The molecule has 3 heterocycles. The van der Waals surface area contributed by atoms with Crippen LogP contribution in [0.3, 0.4) is 0 Å². The summed E-state index contributed by atoms with van der Waals surface area (Å²) in [4.78, 5) is 23.9. The van der Waals surface area contributed by atoms with Gasteiger partial charge in [0.15, 0.2) is 0 Å². The number of fused-ring (bicyclic) bond motifs is 2. The number of ether oxygens (including phenoxy) is 1. The molecule has 31 heavy (non-hydrogen) atoms. The third-order valence-corrected chi connectivity index (χ3v) is 5.82. The summed E-state index contributed by atoms with van der Waals surface area (Å²) in [5.74, 6) is 0.981. The number of rotatable bonds is 5. The van der Waals surface area contributed by atoms with E-state index in [0.29, 0.717) is 17.5 Å². The largest absolute Gasteiger partial charge is 0.480 e. The van der Waals surface area contributed by atoms with Gasteiger partial charge in [-0.15, -0.1) is 5.10 Å². The van der Waals surface area contributed by atoms with Crippen molar-refractivity contribution in [1.82, 2.24) is 35.3 Å². The molecule has 160 valence electrons. The van der Waals surface area contributed by atoms with Crippen molar-refractivity contribution in [2.45, 2.75) is 38.3 Å². The maximum absolute atomic E-state index is 11.4. The van der Waals surface area contributed by atoms with E-state index in [2.05, 4.69) is 35.9 Å². The lowest BCUT2D eigenvalue weighted by molar-refractivity contribution is -0.121. The Kier molecular flexibility index (Phi) is 4.31. The van der Waals surface area contributed by atoms with Gasteiger partial charge in [0.1, 0.15) is 11.2 Å². The molecule has 0 saturated heterocycles. The quantitative estimate of drug-likeness (QED) is 0.453. The van der Waals surface area contributed by atoms with Gasteiger partial charge in [-0.25, -0.2) is 4.68 Å². The highest BCUT2D eigenvalue weighted by atomic mass is 16.5. The lowest BCUT2D eigenvalue weighted by Crippen LogP contribution is -2.59. The second-order valence-electron chi connectivity index (χ2n) is 8.39. The zero-order valence-corrected chi connectivity index (χ0v) is 17.9. The van der Waals surface area contributed by atoms with Crippen molar-refractivity contribution in [2.24, 2.45) is 7.05 Å². The average Bonchev–Trinajstić information content (AvgIpc) is 3.29. The van der Waals surface area contributed by atoms with Crippen molar-refractivity contribution in [3.8, 4) is 17.0 Å². The highest BCUT2D eigenvalue weighted by Gasteiger charge is 2.41. The molecule has 10 nitrogen and oxygen atoms in total.